The standard InChI is InChI=1S/C6H14BNO/c1-4-6(2)9-5-8(3)7/h2,4-5,7H2,1,3H3. The van der Waals surface area contributed by atoms with Crippen LogP contribution in [0.4, 0.5) is 0 Å². The van der Waals surface area contributed by atoms with Crippen molar-refractivity contribution in [3.8, 4) is 0 Å². The molecular formula is C6H14BNO. The Morgan fingerprint density at radius 3 is 2.67 bits per heavy atom. The van der Waals surface area contributed by atoms with Crippen molar-refractivity contribution in [3.63, 3.8) is 0 Å². The van der Waals surface area contributed by atoms with E-state index in [0.29, 0.717) is 6.73 Å². The summed E-state index contributed by atoms with van der Waals surface area (Å²) in [7, 11) is 3.92. The van der Waals surface area contributed by atoms with E-state index >= 15 is 0 Å². The maximum absolute atomic E-state index is 5.18. The van der Waals surface area contributed by atoms with Crippen molar-refractivity contribution in [3.05, 3.63) is 12.3 Å². The molecule has 0 aliphatic heterocycles. The molecule has 0 saturated heterocycles. The number of ether oxygens (including phenoxy) is 1. The van der Waals surface area contributed by atoms with Crippen molar-refractivity contribution in [2.75, 3.05) is 13.8 Å². The maximum Gasteiger partial charge on any atom is 0.189 e. The molecule has 0 amide bonds. The first-order valence-corrected chi connectivity index (χ1v) is 3.12. The summed E-state index contributed by atoms with van der Waals surface area (Å²) in [5.74, 6) is 0.851. The predicted molar refractivity (Wildman–Crippen MR) is 41.7 cm³/mol. The molecule has 0 unspecified atom stereocenters. The number of hydrogen-bond donors (Lipinski definition) is 0. The van der Waals surface area contributed by atoms with Gasteiger partial charge in [-0.05, 0) is 7.05 Å². The average Bonchev–Trinajstić information content (AvgIpc) is 1.83. The fourth-order valence-corrected chi connectivity index (χ4v) is 0.322. The van der Waals surface area contributed by atoms with Crippen LogP contribution < -0.4 is 0 Å². The Balaban J connectivity index is 3.17. The zero-order chi connectivity index (χ0) is 7.28. The molecular weight excluding hydrogens is 113 g/mol. The molecule has 0 aliphatic carbocycles. The van der Waals surface area contributed by atoms with Gasteiger partial charge in [0.05, 0.1) is 5.76 Å². The van der Waals surface area contributed by atoms with Crippen molar-refractivity contribution in [1.29, 1.82) is 0 Å². The van der Waals surface area contributed by atoms with Crippen LogP contribution in [-0.4, -0.2) is 26.6 Å². The third-order valence-corrected chi connectivity index (χ3v) is 0.921. The van der Waals surface area contributed by atoms with Gasteiger partial charge in [0.15, 0.2) is 7.98 Å². The highest BCUT2D eigenvalue weighted by Crippen LogP contribution is 1.97. The molecule has 0 spiro atoms. The second kappa shape index (κ2) is 4.44. The van der Waals surface area contributed by atoms with Crippen LogP contribution in [0.15, 0.2) is 12.3 Å². The normalized spacial score (nSPS) is 9.67. The first kappa shape index (κ1) is 8.56. The molecule has 0 aromatic heterocycles. The van der Waals surface area contributed by atoms with Crippen molar-refractivity contribution in [2.24, 2.45) is 0 Å². The van der Waals surface area contributed by atoms with Crippen LogP contribution >= 0.6 is 0 Å². The van der Waals surface area contributed by atoms with Gasteiger partial charge < -0.3 is 9.55 Å². The minimum Gasteiger partial charge on any atom is -0.484 e. The third kappa shape index (κ3) is 5.44. The lowest BCUT2D eigenvalue weighted by molar-refractivity contribution is 0.140. The van der Waals surface area contributed by atoms with E-state index in [0.717, 1.165) is 12.2 Å². The molecule has 2 nitrogen and oxygen atoms in total. The second-order valence-electron chi connectivity index (χ2n) is 2.25. The maximum atomic E-state index is 5.18. The van der Waals surface area contributed by atoms with E-state index in [-0.39, 0.29) is 0 Å². The summed E-state index contributed by atoms with van der Waals surface area (Å²) in [6.07, 6.45) is 0.897. The van der Waals surface area contributed by atoms with E-state index in [1.165, 1.54) is 0 Å². The largest absolute Gasteiger partial charge is 0.484 e. The van der Waals surface area contributed by atoms with Crippen molar-refractivity contribution in [1.82, 2.24) is 4.81 Å². The number of hydrogen-bond acceptors (Lipinski definition) is 2. The van der Waals surface area contributed by atoms with Gasteiger partial charge in [0, 0.05) is 6.42 Å². The van der Waals surface area contributed by atoms with Gasteiger partial charge in [0.25, 0.3) is 0 Å². The molecule has 52 valence electrons. The van der Waals surface area contributed by atoms with Crippen LogP contribution in [0.1, 0.15) is 13.3 Å². The van der Waals surface area contributed by atoms with Crippen LogP contribution in [0.5, 0.6) is 0 Å². The number of nitrogens with zero attached hydrogens (tertiary/aromatic N) is 1. The molecule has 0 aromatic rings. The van der Waals surface area contributed by atoms with Gasteiger partial charge in [-0.3, -0.25) is 0 Å². The number of rotatable bonds is 4. The Hall–Kier alpha value is -0.435. The molecule has 9 heavy (non-hydrogen) atoms. The lowest BCUT2D eigenvalue weighted by Crippen LogP contribution is -2.17. The van der Waals surface area contributed by atoms with Gasteiger partial charge in [-0.2, -0.15) is 0 Å². The summed E-state index contributed by atoms with van der Waals surface area (Å²) in [6, 6.07) is 0. The fourth-order valence-electron chi connectivity index (χ4n) is 0.322. The Kier molecular flexibility index (Phi) is 4.23. The smallest absolute Gasteiger partial charge is 0.189 e. The first-order chi connectivity index (χ1) is 4.16. The van der Waals surface area contributed by atoms with E-state index < -0.39 is 0 Å². The zero-order valence-corrected chi connectivity index (χ0v) is 6.48. The first-order valence-electron chi connectivity index (χ1n) is 3.12. The molecule has 3 heteroatoms. The Morgan fingerprint density at radius 2 is 2.33 bits per heavy atom. The molecule has 0 N–H and O–H groups in total. The van der Waals surface area contributed by atoms with Crippen molar-refractivity contribution >= 4 is 7.98 Å². The highest BCUT2D eigenvalue weighted by atomic mass is 16.5. The predicted octanol–water partition coefficient (Wildman–Crippen LogP) is 0.364. The van der Waals surface area contributed by atoms with E-state index in [1.807, 2.05) is 26.8 Å². The van der Waals surface area contributed by atoms with Crippen molar-refractivity contribution < 1.29 is 4.74 Å². The van der Waals surface area contributed by atoms with Gasteiger partial charge >= 0.3 is 0 Å². The molecule has 0 rings (SSSR count). The van der Waals surface area contributed by atoms with Gasteiger partial charge in [0.1, 0.15) is 6.73 Å². The van der Waals surface area contributed by atoms with Gasteiger partial charge in [-0.1, -0.05) is 13.5 Å². The SMILES string of the molecule is BN(C)COC(=C)CC. The average molecular weight is 127 g/mol. The fraction of sp³-hybridized carbons (Fsp3) is 0.667. The summed E-state index contributed by atoms with van der Waals surface area (Å²) >= 11 is 0. The van der Waals surface area contributed by atoms with Crippen LogP contribution in [0.3, 0.4) is 0 Å². The quantitative estimate of drug-likeness (QED) is 0.307. The summed E-state index contributed by atoms with van der Waals surface area (Å²) in [5.41, 5.74) is 0. The van der Waals surface area contributed by atoms with Gasteiger partial charge in [-0.25, -0.2) is 0 Å². The lowest BCUT2D eigenvalue weighted by Gasteiger charge is -2.12. The monoisotopic (exact) mass is 127 g/mol. The summed E-state index contributed by atoms with van der Waals surface area (Å²) in [5, 5.41) is 0. The third-order valence-electron chi connectivity index (χ3n) is 0.921. The topological polar surface area (TPSA) is 12.5 Å². The number of allylic oxidation sites excluding steroid dienone is 1. The highest BCUT2D eigenvalue weighted by molar-refractivity contribution is 6.04. The van der Waals surface area contributed by atoms with Crippen molar-refractivity contribution in [2.45, 2.75) is 13.3 Å². The Bertz CT molecular complexity index is 93.1. The van der Waals surface area contributed by atoms with E-state index in [1.54, 1.807) is 0 Å². The second-order valence-corrected chi connectivity index (χ2v) is 2.25. The molecule has 0 radical (unpaired) electrons. The molecule has 0 heterocycles. The summed E-state index contributed by atoms with van der Waals surface area (Å²) < 4.78 is 5.18. The minimum atomic E-state index is 0.632. The molecule has 0 bridgehead atoms. The molecule has 0 fully saturated rings. The van der Waals surface area contributed by atoms with Gasteiger partial charge in [0.2, 0.25) is 0 Å². The van der Waals surface area contributed by atoms with Crippen LogP contribution in [-0.2, 0) is 4.74 Å². The molecule has 0 saturated carbocycles. The molecule has 0 aromatic carbocycles. The van der Waals surface area contributed by atoms with E-state index in [2.05, 4.69) is 6.58 Å². The van der Waals surface area contributed by atoms with E-state index in [9.17, 15) is 0 Å². The van der Waals surface area contributed by atoms with E-state index in [4.69, 9.17) is 4.74 Å². The Morgan fingerprint density at radius 1 is 1.78 bits per heavy atom. The van der Waals surface area contributed by atoms with Gasteiger partial charge in [-0.15, -0.1) is 0 Å². The van der Waals surface area contributed by atoms with Crippen LogP contribution in [0.25, 0.3) is 0 Å². The van der Waals surface area contributed by atoms with Crippen LogP contribution in [0, 0.1) is 0 Å². The molecule has 0 atom stereocenters. The van der Waals surface area contributed by atoms with Crippen LogP contribution in [0.2, 0.25) is 0 Å². The zero-order valence-electron chi connectivity index (χ0n) is 6.48. The minimum absolute atomic E-state index is 0.632. The Labute approximate surface area is 57.9 Å². The summed E-state index contributed by atoms with van der Waals surface area (Å²) in [4.78, 5) is 1.96. The summed E-state index contributed by atoms with van der Waals surface area (Å²) in [6.45, 7) is 6.35. The molecule has 0 aliphatic rings. The lowest BCUT2D eigenvalue weighted by atomic mass is 10.4. The highest BCUT2D eigenvalue weighted by Gasteiger charge is 1.90.